The highest BCUT2D eigenvalue weighted by atomic mass is 19.1. The van der Waals surface area contributed by atoms with E-state index in [1.807, 2.05) is 33.8 Å². The van der Waals surface area contributed by atoms with Crippen molar-refractivity contribution < 1.29 is 18.7 Å². The number of amides is 1. The van der Waals surface area contributed by atoms with Crippen LogP contribution in [-0.2, 0) is 16.1 Å². The largest absolute Gasteiger partial charge is 0.444 e. The first-order valence-electron chi connectivity index (χ1n) is 9.56. The van der Waals surface area contributed by atoms with Crippen LogP contribution in [0.2, 0.25) is 0 Å². The lowest BCUT2D eigenvalue weighted by Gasteiger charge is -2.46. The zero-order valence-corrected chi connectivity index (χ0v) is 17.6. The fraction of sp³-hybridized carbons (Fsp3) is 0.667. The number of halogens is 1. The molecule has 1 aliphatic rings. The number of nitrogens with zero attached hydrogens (tertiary/aromatic N) is 2. The van der Waals surface area contributed by atoms with Crippen molar-refractivity contribution in [1.82, 2.24) is 9.80 Å². The fourth-order valence-corrected chi connectivity index (χ4v) is 3.71. The van der Waals surface area contributed by atoms with Gasteiger partial charge in [0.25, 0.3) is 0 Å². The van der Waals surface area contributed by atoms with Gasteiger partial charge in [-0.1, -0.05) is 6.07 Å². The smallest absolute Gasteiger partial charge is 0.410 e. The van der Waals surface area contributed by atoms with Crippen LogP contribution in [0.15, 0.2) is 18.2 Å². The van der Waals surface area contributed by atoms with E-state index >= 15 is 0 Å². The molecule has 152 valence electrons. The molecule has 1 heterocycles. The minimum Gasteiger partial charge on any atom is -0.444 e. The zero-order valence-electron chi connectivity index (χ0n) is 17.6. The Morgan fingerprint density at radius 2 is 1.93 bits per heavy atom. The van der Waals surface area contributed by atoms with Crippen molar-refractivity contribution in [2.45, 2.75) is 71.9 Å². The molecular weight excluding hydrogens is 347 g/mol. The molecule has 0 saturated carbocycles. The third kappa shape index (κ3) is 5.42. The second kappa shape index (κ2) is 8.57. The molecule has 0 aromatic heterocycles. The molecule has 6 heteroatoms. The van der Waals surface area contributed by atoms with Crippen LogP contribution < -0.4 is 0 Å². The first-order chi connectivity index (χ1) is 12.5. The standard InChI is InChI=1S/C21H33FN2O3/c1-14-12-24(20(25)27-21(4,5)6)15(2)11-23(14)16(3)19-9-8-18(22)10-17(19)13-26-7/h8-10,14-16H,11-13H2,1-7H3/t14-,15+,16?/m1/s1. The summed E-state index contributed by atoms with van der Waals surface area (Å²) in [7, 11) is 1.61. The number of ether oxygens (including phenoxy) is 2. The molecule has 3 atom stereocenters. The molecule has 0 spiro atoms. The van der Waals surface area contributed by atoms with Gasteiger partial charge in [0.15, 0.2) is 0 Å². The highest BCUT2D eigenvalue weighted by Crippen LogP contribution is 2.30. The summed E-state index contributed by atoms with van der Waals surface area (Å²) < 4.78 is 24.5. The maximum Gasteiger partial charge on any atom is 0.410 e. The van der Waals surface area contributed by atoms with E-state index in [9.17, 15) is 9.18 Å². The second-order valence-electron chi connectivity index (χ2n) is 8.48. The Morgan fingerprint density at radius 3 is 2.52 bits per heavy atom. The number of carbonyl (C=O) groups excluding carboxylic acids is 1. The number of piperazine rings is 1. The highest BCUT2D eigenvalue weighted by molar-refractivity contribution is 5.68. The summed E-state index contributed by atoms with van der Waals surface area (Å²) in [6.07, 6.45) is -0.268. The van der Waals surface area contributed by atoms with Gasteiger partial charge in [0.2, 0.25) is 0 Å². The van der Waals surface area contributed by atoms with Gasteiger partial charge < -0.3 is 14.4 Å². The van der Waals surface area contributed by atoms with Gasteiger partial charge in [-0.15, -0.1) is 0 Å². The molecule has 2 rings (SSSR count). The van der Waals surface area contributed by atoms with Crippen molar-refractivity contribution >= 4 is 6.09 Å². The van der Waals surface area contributed by atoms with Crippen molar-refractivity contribution in [3.8, 4) is 0 Å². The van der Waals surface area contributed by atoms with Gasteiger partial charge in [-0.25, -0.2) is 9.18 Å². The molecule has 0 bridgehead atoms. The Bertz CT molecular complexity index is 659. The molecule has 0 radical (unpaired) electrons. The summed E-state index contributed by atoms with van der Waals surface area (Å²) >= 11 is 0. The van der Waals surface area contributed by atoms with Crippen LogP contribution in [0.4, 0.5) is 9.18 Å². The van der Waals surface area contributed by atoms with Gasteiger partial charge in [0.05, 0.1) is 6.61 Å². The zero-order chi connectivity index (χ0) is 20.4. The van der Waals surface area contributed by atoms with Gasteiger partial charge in [-0.05, 0) is 64.8 Å². The molecule has 1 fully saturated rings. The lowest BCUT2D eigenvalue weighted by molar-refractivity contribution is -0.0186. The lowest BCUT2D eigenvalue weighted by atomic mass is 9.97. The number of benzene rings is 1. The predicted molar refractivity (Wildman–Crippen MR) is 104 cm³/mol. The van der Waals surface area contributed by atoms with Crippen LogP contribution in [-0.4, -0.2) is 53.8 Å². The average Bonchev–Trinajstić information content (AvgIpc) is 2.55. The van der Waals surface area contributed by atoms with E-state index in [1.165, 1.54) is 6.07 Å². The van der Waals surface area contributed by atoms with Crippen LogP contribution in [0.3, 0.4) is 0 Å². The number of hydrogen-bond donors (Lipinski definition) is 0. The van der Waals surface area contributed by atoms with Crippen LogP contribution in [0, 0.1) is 5.82 Å². The first kappa shape index (κ1) is 21.6. The van der Waals surface area contributed by atoms with Gasteiger partial charge in [0.1, 0.15) is 11.4 Å². The van der Waals surface area contributed by atoms with E-state index in [2.05, 4.69) is 18.7 Å². The molecule has 1 aliphatic heterocycles. The van der Waals surface area contributed by atoms with Gasteiger partial charge >= 0.3 is 6.09 Å². The second-order valence-corrected chi connectivity index (χ2v) is 8.48. The number of methoxy groups -OCH3 is 1. The Labute approximate surface area is 162 Å². The normalized spacial score (nSPS) is 22.6. The van der Waals surface area contributed by atoms with Crippen LogP contribution in [0.5, 0.6) is 0 Å². The number of carbonyl (C=O) groups is 1. The Kier molecular flexibility index (Phi) is 6.87. The van der Waals surface area contributed by atoms with E-state index in [0.717, 1.165) is 17.7 Å². The fourth-order valence-electron chi connectivity index (χ4n) is 3.71. The highest BCUT2D eigenvalue weighted by Gasteiger charge is 2.36. The minimum absolute atomic E-state index is 0.0322. The van der Waals surface area contributed by atoms with Crippen molar-refractivity contribution in [1.29, 1.82) is 0 Å². The number of rotatable bonds is 4. The van der Waals surface area contributed by atoms with Crippen molar-refractivity contribution in [3.63, 3.8) is 0 Å². The quantitative estimate of drug-likeness (QED) is 0.778. The summed E-state index contributed by atoms with van der Waals surface area (Å²) in [5, 5.41) is 0. The van der Waals surface area contributed by atoms with Gasteiger partial charge in [0, 0.05) is 38.3 Å². The van der Waals surface area contributed by atoms with E-state index in [1.54, 1.807) is 18.1 Å². The van der Waals surface area contributed by atoms with Crippen molar-refractivity contribution in [2.24, 2.45) is 0 Å². The molecule has 1 aromatic carbocycles. The van der Waals surface area contributed by atoms with Crippen molar-refractivity contribution in [3.05, 3.63) is 35.1 Å². The van der Waals surface area contributed by atoms with Crippen LogP contribution >= 0.6 is 0 Å². The van der Waals surface area contributed by atoms with Crippen LogP contribution in [0.1, 0.15) is 58.7 Å². The topological polar surface area (TPSA) is 42.0 Å². The Hall–Kier alpha value is -1.66. The Morgan fingerprint density at radius 1 is 1.26 bits per heavy atom. The predicted octanol–water partition coefficient (Wildman–Crippen LogP) is 4.36. The molecule has 1 saturated heterocycles. The molecule has 0 aliphatic carbocycles. The molecular formula is C21H33FN2O3. The molecule has 27 heavy (non-hydrogen) atoms. The molecule has 0 N–H and O–H groups in total. The third-order valence-corrected chi connectivity index (χ3v) is 5.01. The summed E-state index contributed by atoms with van der Waals surface area (Å²) in [4.78, 5) is 16.7. The van der Waals surface area contributed by atoms with E-state index in [0.29, 0.717) is 13.2 Å². The summed E-state index contributed by atoms with van der Waals surface area (Å²) in [5.41, 5.74) is 1.41. The molecule has 1 aromatic rings. The first-order valence-corrected chi connectivity index (χ1v) is 9.56. The molecule has 5 nitrogen and oxygen atoms in total. The SMILES string of the molecule is COCc1cc(F)ccc1C(C)N1C[C@H](C)N(C(=O)OC(C)(C)C)C[C@H]1C. The maximum atomic E-state index is 13.7. The summed E-state index contributed by atoms with van der Waals surface area (Å²) in [6, 6.07) is 5.16. The maximum absolute atomic E-state index is 13.7. The van der Waals surface area contributed by atoms with E-state index in [4.69, 9.17) is 9.47 Å². The van der Waals surface area contributed by atoms with Gasteiger partial charge in [-0.2, -0.15) is 0 Å². The lowest BCUT2D eigenvalue weighted by Crippen LogP contribution is -2.59. The monoisotopic (exact) mass is 380 g/mol. The van der Waals surface area contributed by atoms with E-state index < -0.39 is 5.60 Å². The van der Waals surface area contributed by atoms with Crippen LogP contribution in [0.25, 0.3) is 0 Å². The number of hydrogen-bond acceptors (Lipinski definition) is 4. The minimum atomic E-state index is -0.506. The third-order valence-electron chi connectivity index (χ3n) is 5.01. The van der Waals surface area contributed by atoms with Crippen molar-refractivity contribution in [2.75, 3.05) is 20.2 Å². The summed E-state index contributed by atoms with van der Waals surface area (Å²) in [5.74, 6) is -0.255. The molecule has 1 unspecified atom stereocenters. The van der Waals surface area contributed by atoms with E-state index in [-0.39, 0.29) is 30.0 Å². The molecule has 1 amide bonds. The Balaban J connectivity index is 2.16. The average molecular weight is 381 g/mol. The summed E-state index contributed by atoms with van der Waals surface area (Å²) in [6.45, 7) is 13.6. The van der Waals surface area contributed by atoms with Gasteiger partial charge in [-0.3, -0.25) is 4.90 Å².